The number of hydrogen-bond acceptors (Lipinski definition) is 3. The predicted octanol–water partition coefficient (Wildman–Crippen LogP) is 1.51. The summed E-state index contributed by atoms with van der Waals surface area (Å²) >= 11 is 6.00. The van der Waals surface area contributed by atoms with Crippen molar-refractivity contribution in [3.05, 3.63) is 28.8 Å². The van der Waals surface area contributed by atoms with Crippen molar-refractivity contribution in [2.24, 2.45) is 5.73 Å². The molecule has 0 saturated carbocycles. The fraction of sp³-hybridized carbons (Fsp3) is 0.400. The topological polar surface area (TPSA) is 55.5 Å². The summed E-state index contributed by atoms with van der Waals surface area (Å²) in [6.45, 7) is 1.57. The summed E-state index contributed by atoms with van der Waals surface area (Å²) in [5, 5.41) is 9.59. The van der Waals surface area contributed by atoms with E-state index in [0.717, 1.165) is 0 Å². The number of methoxy groups -OCH3 is 1. The minimum absolute atomic E-state index is 0.154. The van der Waals surface area contributed by atoms with Gasteiger partial charge in [-0.1, -0.05) is 17.7 Å². The summed E-state index contributed by atoms with van der Waals surface area (Å²) in [6, 6.07) is 5.21. The quantitative estimate of drug-likeness (QED) is 0.804. The standard InChI is InChI=1S/C10H14ClNO2/c1-10(12,6-13)8-4-3-7(14-2)5-9(8)11/h3-5,13H,6,12H2,1-2H3. The Bertz CT molecular complexity index is 326. The monoisotopic (exact) mass is 215 g/mol. The zero-order valence-electron chi connectivity index (χ0n) is 8.25. The molecule has 0 aliphatic rings. The Hall–Kier alpha value is -0.770. The largest absolute Gasteiger partial charge is 0.497 e. The zero-order chi connectivity index (χ0) is 10.8. The molecule has 3 nitrogen and oxygen atoms in total. The molecule has 1 aromatic rings. The minimum Gasteiger partial charge on any atom is -0.497 e. The molecule has 1 atom stereocenters. The van der Waals surface area contributed by atoms with Crippen molar-refractivity contribution >= 4 is 11.6 Å². The highest BCUT2D eigenvalue weighted by atomic mass is 35.5. The fourth-order valence-corrected chi connectivity index (χ4v) is 1.56. The number of ether oxygens (including phenoxy) is 1. The van der Waals surface area contributed by atoms with Gasteiger partial charge >= 0.3 is 0 Å². The maximum absolute atomic E-state index is 9.08. The van der Waals surface area contributed by atoms with Crippen LogP contribution in [0.1, 0.15) is 12.5 Å². The van der Waals surface area contributed by atoms with Crippen molar-refractivity contribution in [1.82, 2.24) is 0 Å². The second-order valence-corrected chi connectivity index (χ2v) is 3.83. The lowest BCUT2D eigenvalue weighted by atomic mass is 9.94. The lowest BCUT2D eigenvalue weighted by Gasteiger charge is -2.23. The minimum atomic E-state index is -0.816. The van der Waals surface area contributed by atoms with E-state index >= 15 is 0 Å². The van der Waals surface area contributed by atoms with Crippen LogP contribution in [-0.2, 0) is 5.54 Å². The van der Waals surface area contributed by atoms with Crippen LogP contribution in [0.25, 0.3) is 0 Å². The summed E-state index contributed by atoms with van der Waals surface area (Å²) in [4.78, 5) is 0. The van der Waals surface area contributed by atoms with E-state index in [2.05, 4.69) is 0 Å². The average Bonchev–Trinajstić information content (AvgIpc) is 2.17. The molecule has 1 rings (SSSR count). The molecule has 1 unspecified atom stereocenters. The van der Waals surface area contributed by atoms with Crippen molar-refractivity contribution in [2.45, 2.75) is 12.5 Å². The highest BCUT2D eigenvalue weighted by Gasteiger charge is 2.22. The highest BCUT2D eigenvalue weighted by molar-refractivity contribution is 6.31. The molecule has 0 aromatic heterocycles. The molecule has 0 fully saturated rings. The first-order chi connectivity index (χ1) is 6.51. The molecule has 0 heterocycles. The molecule has 0 aliphatic carbocycles. The third-order valence-corrected chi connectivity index (χ3v) is 2.43. The molecule has 14 heavy (non-hydrogen) atoms. The van der Waals surface area contributed by atoms with Gasteiger partial charge in [-0.2, -0.15) is 0 Å². The van der Waals surface area contributed by atoms with E-state index in [4.69, 9.17) is 27.2 Å². The maximum Gasteiger partial charge on any atom is 0.120 e. The Morgan fingerprint density at radius 2 is 2.21 bits per heavy atom. The number of aliphatic hydroxyl groups is 1. The summed E-state index contributed by atoms with van der Waals surface area (Å²) in [7, 11) is 1.57. The normalized spacial score (nSPS) is 14.9. The van der Waals surface area contributed by atoms with Gasteiger partial charge in [-0.05, 0) is 24.6 Å². The Balaban J connectivity index is 3.12. The lowest BCUT2D eigenvalue weighted by molar-refractivity contribution is 0.210. The number of aliphatic hydroxyl groups excluding tert-OH is 1. The van der Waals surface area contributed by atoms with Crippen molar-refractivity contribution in [3.8, 4) is 5.75 Å². The molecule has 3 N–H and O–H groups in total. The van der Waals surface area contributed by atoms with E-state index in [0.29, 0.717) is 16.3 Å². The number of benzene rings is 1. The maximum atomic E-state index is 9.08. The SMILES string of the molecule is COc1ccc(C(C)(N)CO)c(Cl)c1. The van der Waals surface area contributed by atoms with Gasteiger partial charge in [0, 0.05) is 5.02 Å². The van der Waals surface area contributed by atoms with Gasteiger partial charge in [0.1, 0.15) is 5.75 Å². The number of hydrogen-bond donors (Lipinski definition) is 2. The third-order valence-electron chi connectivity index (χ3n) is 2.12. The predicted molar refractivity (Wildman–Crippen MR) is 56.6 cm³/mol. The molecule has 4 heteroatoms. The molecule has 0 bridgehead atoms. The van der Waals surface area contributed by atoms with Crippen LogP contribution in [-0.4, -0.2) is 18.8 Å². The highest BCUT2D eigenvalue weighted by Crippen LogP contribution is 2.29. The van der Waals surface area contributed by atoms with Crippen molar-refractivity contribution in [1.29, 1.82) is 0 Å². The first kappa shape index (κ1) is 11.3. The molecule has 0 saturated heterocycles. The van der Waals surface area contributed by atoms with Crippen LogP contribution in [0.15, 0.2) is 18.2 Å². The van der Waals surface area contributed by atoms with Crippen molar-refractivity contribution < 1.29 is 9.84 Å². The van der Waals surface area contributed by atoms with Crippen molar-refractivity contribution in [3.63, 3.8) is 0 Å². The van der Waals surface area contributed by atoms with Gasteiger partial charge in [0.25, 0.3) is 0 Å². The van der Waals surface area contributed by atoms with E-state index in [-0.39, 0.29) is 6.61 Å². The summed E-state index contributed by atoms with van der Waals surface area (Å²) in [5.41, 5.74) is 5.75. The number of halogens is 1. The number of rotatable bonds is 3. The molecule has 0 spiro atoms. The van der Waals surface area contributed by atoms with Gasteiger partial charge in [0.05, 0.1) is 19.3 Å². The molecule has 78 valence electrons. The van der Waals surface area contributed by atoms with Gasteiger partial charge in [0.15, 0.2) is 0 Å². The van der Waals surface area contributed by atoms with Crippen LogP contribution in [0.5, 0.6) is 5.75 Å². The van der Waals surface area contributed by atoms with Crippen LogP contribution in [0.4, 0.5) is 0 Å². The van der Waals surface area contributed by atoms with Gasteiger partial charge in [-0.25, -0.2) is 0 Å². The first-order valence-corrected chi connectivity index (χ1v) is 4.63. The third kappa shape index (κ3) is 2.18. The van der Waals surface area contributed by atoms with E-state index < -0.39 is 5.54 Å². The van der Waals surface area contributed by atoms with Crippen molar-refractivity contribution in [2.75, 3.05) is 13.7 Å². The summed E-state index contributed by atoms with van der Waals surface area (Å²) in [6.07, 6.45) is 0. The molecular formula is C10H14ClNO2. The second-order valence-electron chi connectivity index (χ2n) is 3.42. The first-order valence-electron chi connectivity index (χ1n) is 4.25. The Morgan fingerprint density at radius 1 is 1.57 bits per heavy atom. The van der Waals surface area contributed by atoms with Gasteiger partial charge in [0.2, 0.25) is 0 Å². The number of nitrogens with two attached hydrogens (primary N) is 1. The van der Waals surface area contributed by atoms with Crippen LogP contribution in [0, 0.1) is 0 Å². The molecule has 0 aliphatic heterocycles. The Kier molecular flexibility index (Phi) is 3.37. The molecule has 1 aromatic carbocycles. The molecule has 0 amide bonds. The van der Waals surface area contributed by atoms with Crippen LogP contribution in [0.2, 0.25) is 5.02 Å². The smallest absolute Gasteiger partial charge is 0.120 e. The zero-order valence-corrected chi connectivity index (χ0v) is 9.01. The van der Waals surface area contributed by atoms with Crippen LogP contribution in [0.3, 0.4) is 0 Å². The van der Waals surface area contributed by atoms with Gasteiger partial charge < -0.3 is 15.6 Å². The molecular weight excluding hydrogens is 202 g/mol. The van der Waals surface area contributed by atoms with E-state index in [9.17, 15) is 0 Å². The van der Waals surface area contributed by atoms with Gasteiger partial charge in [-0.3, -0.25) is 0 Å². The fourth-order valence-electron chi connectivity index (χ4n) is 1.17. The Morgan fingerprint density at radius 3 is 2.64 bits per heavy atom. The van der Waals surface area contributed by atoms with Crippen LogP contribution < -0.4 is 10.5 Å². The summed E-state index contributed by atoms with van der Waals surface area (Å²) in [5.74, 6) is 0.674. The second kappa shape index (κ2) is 4.17. The van der Waals surface area contributed by atoms with Crippen LogP contribution >= 0.6 is 11.6 Å². The van der Waals surface area contributed by atoms with E-state index in [1.165, 1.54) is 0 Å². The lowest BCUT2D eigenvalue weighted by Crippen LogP contribution is -2.37. The molecule has 0 radical (unpaired) electrons. The summed E-state index contributed by atoms with van der Waals surface area (Å²) < 4.78 is 5.01. The average molecular weight is 216 g/mol. The van der Waals surface area contributed by atoms with E-state index in [1.54, 1.807) is 32.2 Å². The van der Waals surface area contributed by atoms with Gasteiger partial charge in [-0.15, -0.1) is 0 Å². The van der Waals surface area contributed by atoms with E-state index in [1.807, 2.05) is 0 Å². The Labute approximate surface area is 88.4 Å².